The van der Waals surface area contributed by atoms with Crippen LogP contribution in [0, 0.1) is 0 Å². The second kappa shape index (κ2) is 10.5. The van der Waals surface area contributed by atoms with Gasteiger partial charge in [-0.1, -0.05) is 0 Å². The lowest BCUT2D eigenvalue weighted by Gasteiger charge is -2.31. The third-order valence-corrected chi connectivity index (χ3v) is 7.62. The number of pyridine rings is 1. The summed E-state index contributed by atoms with van der Waals surface area (Å²) in [6.07, 6.45) is -7.76. The minimum atomic E-state index is -4.68. The Labute approximate surface area is 221 Å². The van der Waals surface area contributed by atoms with Crippen molar-refractivity contribution in [1.29, 1.82) is 0 Å². The first-order chi connectivity index (χ1) is 18.1. The van der Waals surface area contributed by atoms with Gasteiger partial charge in [0.1, 0.15) is 17.6 Å². The molecule has 8 nitrogen and oxygen atoms in total. The van der Waals surface area contributed by atoms with Crippen molar-refractivity contribution in [3.05, 3.63) is 28.5 Å². The van der Waals surface area contributed by atoms with E-state index < -0.39 is 78.6 Å². The molecule has 2 atom stereocenters. The largest absolute Gasteiger partial charge is 0.408 e. The highest BCUT2D eigenvalue weighted by Crippen LogP contribution is 2.40. The molecule has 16 heteroatoms. The van der Waals surface area contributed by atoms with Crippen LogP contribution >= 0.6 is 11.3 Å². The van der Waals surface area contributed by atoms with E-state index in [1.54, 1.807) is 0 Å². The zero-order chi connectivity index (χ0) is 28.9. The van der Waals surface area contributed by atoms with Crippen molar-refractivity contribution in [2.45, 2.75) is 75.9 Å². The van der Waals surface area contributed by atoms with Crippen molar-refractivity contribution >= 4 is 29.0 Å². The van der Waals surface area contributed by atoms with Crippen LogP contribution in [-0.2, 0) is 0 Å². The molecule has 2 aliphatic rings. The topological polar surface area (TPSA) is 107 Å². The number of likely N-dealkylation sites (tertiary alicyclic amines) is 1. The molecule has 1 saturated carbocycles. The van der Waals surface area contributed by atoms with Crippen LogP contribution in [0.1, 0.15) is 65.4 Å². The summed E-state index contributed by atoms with van der Waals surface area (Å²) in [5, 5.41) is 13.7. The number of aliphatic hydroxyl groups excluding tert-OH is 1. The number of carbonyl (C=O) groups excluding carboxylic acids is 2. The van der Waals surface area contributed by atoms with Crippen molar-refractivity contribution in [3.63, 3.8) is 0 Å². The number of alkyl halides is 7. The number of carbonyl (C=O) groups is 2. The van der Waals surface area contributed by atoms with Crippen molar-refractivity contribution in [3.8, 4) is 10.4 Å². The molecule has 0 spiro atoms. The fourth-order valence-electron chi connectivity index (χ4n) is 4.34. The molecule has 1 saturated heterocycles. The molecule has 2 aromatic rings. The highest BCUT2D eigenvalue weighted by Gasteiger charge is 2.46. The summed E-state index contributed by atoms with van der Waals surface area (Å²) < 4.78 is 95.0. The lowest BCUT2D eigenvalue weighted by molar-refractivity contribution is -0.138. The normalized spacial score (nSPS) is 23.5. The predicted molar refractivity (Wildman–Crippen MR) is 126 cm³/mol. The SMILES string of the molecule is C[C@H](Nc1cc(C(F)F)c(-c2sc(C(=O)N[C@H]3C[C@H](O)C3)nc2C(=O)N2CC(F)(F)C[C@@H]2C)cn1)C(F)(F)F. The number of nitrogens with zero attached hydrogens (tertiary/aromatic N) is 3. The molecule has 3 heterocycles. The molecule has 0 unspecified atom stereocenters. The zero-order valence-corrected chi connectivity index (χ0v) is 21.3. The molecule has 214 valence electrons. The summed E-state index contributed by atoms with van der Waals surface area (Å²) in [7, 11) is 0. The van der Waals surface area contributed by atoms with Gasteiger partial charge in [0, 0.05) is 35.8 Å². The summed E-state index contributed by atoms with van der Waals surface area (Å²) in [6.45, 7) is 1.22. The van der Waals surface area contributed by atoms with Gasteiger partial charge in [0.05, 0.1) is 17.5 Å². The molecular formula is C23H24F7N5O3S. The minimum Gasteiger partial charge on any atom is -0.393 e. The molecule has 3 N–H and O–H groups in total. The van der Waals surface area contributed by atoms with E-state index in [0.717, 1.165) is 18.0 Å². The number of aromatic nitrogens is 2. The number of hydrogen-bond donors (Lipinski definition) is 3. The Kier molecular flexibility index (Phi) is 7.82. The van der Waals surface area contributed by atoms with Crippen molar-refractivity contribution in [2.24, 2.45) is 0 Å². The van der Waals surface area contributed by atoms with E-state index in [1.807, 2.05) is 5.32 Å². The van der Waals surface area contributed by atoms with E-state index in [4.69, 9.17) is 0 Å². The number of rotatable bonds is 7. The lowest BCUT2D eigenvalue weighted by Crippen LogP contribution is -2.46. The second-order valence-corrected chi connectivity index (χ2v) is 10.7. The van der Waals surface area contributed by atoms with Crippen LogP contribution in [0.5, 0.6) is 0 Å². The van der Waals surface area contributed by atoms with E-state index in [0.29, 0.717) is 17.4 Å². The standard InChI is InChI=1S/C23H24F7N5O3S/c1-9-6-22(26,27)8-35(9)21(38)16-17(39-20(34-16)19(37)33-11-3-12(36)4-11)14-7-31-15(5-13(14)18(24)25)32-10(2)23(28,29)30/h5,7,9-12,18,36H,3-4,6,8H2,1-2H3,(H,31,32)(H,33,37)/t9-,10-,11-,12-/m0/s1. The van der Waals surface area contributed by atoms with Crippen LogP contribution in [0.2, 0.25) is 0 Å². The molecule has 0 bridgehead atoms. The zero-order valence-electron chi connectivity index (χ0n) is 20.5. The van der Waals surface area contributed by atoms with Crippen LogP contribution in [0.3, 0.4) is 0 Å². The summed E-state index contributed by atoms with van der Waals surface area (Å²) in [4.78, 5) is 34.5. The Morgan fingerprint density at radius 1 is 1.26 bits per heavy atom. The maximum absolute atomic E-state index is 14.1. The number of anilines is 1. The molecule has 2 amide bonds. The first-order valence-corrected chi connectivity index (χ1v) is 12.7. The van der Waals surface area contributed by atoms with Gasteiger partial charge in [0.2, 0.25) is 0 Å². The Bertz CT molecular complexity index is 1250. The maximum atomic E-state index is 14.1. The van der Waals surface area contributed by atoms with Crippen LogP contribution in [0.15, 0.2) is 12.3 Å². The van der Waals surface area contributed by atoms with E-state index >= 15 is 0 Å². The van der Waals surface area contributed by atoms with Gasteiger partial charge in [-0.2, -0.15) is 13.2 Å². The number of amides is 2. The first-order valence-electron chi connectivity index (χ1n) is 11.9. The van der Waals surface area contributed by atoms with Gasteiger partial charge in [-0.3, -0.25) is 9.59 Å². The third-order valence-electron chi connectivity index (χ3n) is 6.53. The third kappa shape index (κ3) is 6.26. The molecule has 2 aromatic heterocycles. The molecule has 4 rings (SSSR count). The van der Waals surface area contributed by atoms with E-state index in [-0.39, 0.29) is 34.3 Å². The minimum absolute atomic E-state index is 0.264. The maximum Gasteiger partial charge on any atom is 0.408 e. The fraction of sp³-hybridized carbons (Fsp3) is 0.565. The second-order valence-electron chi connectivity index (χ2n) is 9.70. The molecule has 0 radical (unpaired) electrons. The van der Waals surface area contributed by atoms with Gasteiger partial charge in [-0.25, -0.2) is 27.5 Å². The summed E-state index contributed by atoms with van der Waals surface area (Å²) in [5.41, 5.74) is -1.71. The van der Waals surface area contributed by atoms with Crippen molar-refractivity contribution < 1.29 is 45.4 Å². The number of nitrogens with one attached hydrogen (secondary N) is 2. The smallest absolute Gasteiger partial charge is 0.393 e. The molecule has 39 heavy (non-hydrogen) atoms. The van der Waals surface area contributed by atoms with Crippen molar-refractivity contribution in [1.82, 2.24) is 20.2 Å². The number of thiazole rings is 1. The molecule has 1 aliphatic heterocycles. The Morgan fingerprint density at radius 2 is 1.92 bits per heavy atom. The fourth-order valence-corrected chi connectivity index (χ4v) is 5.33. The summed E-state index contributed by atoms with van der Waals surface area (Å²) in [5.74, 6) is -5.47. The monoisotopic (exact) mass is 583 g/mol. The van der Waals surface area contributed by atoms with Gasteiger partial charge in [0.15, 0.2) is 5.01 Å². The summed E-state index contributed by atoms with van der Waals surface area (Å²) in [6, 6.07) is -2.71. The lowest BCUT2D eigenvalue weighted by atomic mass is 9.89. The van der Waals surface area contributed by atoms with Gasteiger partial charge in [-0.15, -0.1) is 11.3 Å². The van der Waals surface area contributed by atoms with E-state index in [2.05, 4.69) is 15.3 Å². The summed E-state index contributed by atoms with van der Waals surface area (Å²) >= 11 is 0.548. The number of aliphatic hydroxyl groups is 1. The predicted octanol–water partition coefficient (Wildman–Crippen LogP) is 4.63. The average molecular weight is 584 g/mol. The highest BCUT2D eigenvalue weighted by molar-refractivity contribution is 7.17. The Morgan fingerprint density at radius 3 is 2.46 bits per heavy atom. The van der Waals surface area contributed by atoms with E-state index in [1.165, 1.54) is 6.92 Å². The van der Waals surface area contributed by atoms with Crippen LogP contribution in [0.4, 0.5) is 36.6 Å². The van der Waals surface area contributed by atoms with Gasteiger partial charge >= 0.3 is 6.18 Å². The van der Waals surface area contributed by atoms with Gasteiger partial charge < -0.3 is 20.6 Å². The van der Waals surface area contributed by atoms with E-state index in [9.17, 15) is 45.4 Å². The molecular weight excluding hydrogens is 559 g/mol. The average Bonchev–Trinajstić information content (AvgIpc) is 3.37. The number of halogens is 7. The molecule has 0 aromatic carbocycles. The first kappa shape index (κ1) is 29.0. The number of hydrogen-bond acceptors (Lipinski definition) is 7. The molecule has 2 fully saturated rings. The Hall–Kier alpha value is -3.01. The van der Waals surface area contributed by atoms with Crippen LogP contribution < -0.4 is 10.6 Å². The van der Waals surface area contributed by atoms with Crippen LogP contribution in [0.25, 0.3) is 10.4 Å². The molecule has 1 aliphatic carbocycles. The Balaban J connectivity index is 1.75. The quantitative estimate of drug-likeness (QED) is 0.411. The van der Waals surface area contributed by atoms with Gasteiger partial charge in [-0.05, 0) is 32.8 Å². The van der Waals surface area contributed by atoms with Gasteiger partial charge in [0.25, 0.3) is 24.2 Å². The van der Waals surface area contributed by atoms with Crippen molar-refractivity contribution in [2.75, 3.05) is 11.9 Å². The highest BCUT2D eigenvalue weighted by atomic mass is 32.1. The van der Waals surface area contributed by atoms with Crippen LogP contribution in [-0.4, -0.2) is 74.7 Å².